The van der Waals surface area contributed by atoms with Crippen molar-refractivity contribution >= 4 is 11.7 Å². The van der Waals surface area contributed by atoms with E-state index in [-0.39, 0.29) is 18.0 Å². The number of non-ortho nitro benzene ring substituents is 1. The van der Waals surface area contributed by atoms with E-state index in [0.29, 0.717) is 0 Å². The van der Waals surface area contributed by atoms with Crippen LogP contribution in [0.1, 0.15) is 10.4 Å². The summed E-state index contributed by atoms with van der Waals surface area (Å²) in [5.74, 6) is -0.658. The molecule has 0 aliphatic heterocycles. The molecule has 0 bridgehead atoms. The minimum atomic E-state index is -0.658. The number of esters is 1. The van der Waals surface area contributed by atoms with Gasteiger partial charge in [0.15, 0.2) is 6.73 Å². The molecule has 2 aromatic rings. The molecule has 0 atom stereocenters. The number of aromatic nitrogens is 3. The molecule has 8 nitrogen and oxygen atoms in total. The van der Waals surface area contributed by atoms with Crippen LogP contribution in [0.3, 0.4) is 0 Å². The Kier molecular flexibility index (Phi) is 3.28. The van der Waals surface area contributed by atoms with Crippen LogP contribution in [-0.4, -0.2) is 25.7 Å². The average Bonchev–Trinajstić information content (AvgIpc) is 2.89. The third-order valence-corrected chi connectivity index (χ3v) is 2.09. The third-order valence-electron chi connectivity index (χ3n) is 2.09. The quantitative estimate of drug-likeness (QED) is 0.454. The maximum atomic E-state index is 11.6. The number of ether oxygens (including phenoxy) is 1. The van der Waals surface area contributed by atoms with E-state index < -0.39 is 10.9 Å². The highest BCUT2D eigenvalue weighted by Gasteiger charge is 2.12. The molecule has 0 spiro atoms. The highest BCUT2D eigenvalue weighted by atomic mass is 16.6. The number of hydrogen-bond acceptors (Lipinski definition) is 6. The lowest BCUT2D eigenvalue weighted by Crippen LogP contribution is -2.10. The summed E-state index contributed by atoms with van der Waals surface area (Å²) < 4.78 is 6.22. The topological polar surface area (TPSA) is 100 Å². The van der Waals surface area contributed by atoms with Gasteiger partial charge in [-0.05, 0) is 6.07 Å². The van der Waals surface area contributed by atoms with Crippen LogP contribution in [0.4, 0.5) is 5.69 Å². The van der Waals surface area contributed by atoms with Gasteiger partial charge in [0.05, 0.1) is 10.5 Å². The molecule has 18 heavy (non-hydrogen) atoms. The lowest BCUT2D eigenvalue weighted by molar-refractivity contribution is -0.384. The fraction of sp³-hybridized carbons (Fsp3) is 0.100. The second-order valence-corrected chi connectivity index (χ2v) is 3.30. The summed E-state index contributed by atoms with van der Waals surface area (Å²) in [7, 11) is 0. The van der Waals surface area contributed by atoms with Crippen molar-refractivity contribution in [2.75, 3.05) is 0 Å². The maximum Gasteiger partial charge on any atom is 0.340 e. The van der Waals surface area contributed by atoms with E-state index in [4.69, 9.17) is 4.74 Å². The molecule has 1 heterocycles. The summed E-state index contributed by atoms with van der Waals surface area (Å²) in [5.41, 5.74) is -0.0467. The Morgan fingerprint density at radius 3 is 3.00 bits per heavy atom. The Morgan fingerprint density at radius 1 is 1.50 bits per heavy atom. The second-order valence-electron chi connectivity index (χ2n) is 3.30. The van der Waals surface area contributed by atoms with Crippen molar-refractivity contribution in [3.63, 3.8) is 0 Å². The zero-order valence-corrected chi connectivity index (χ0v) is 9.09. The number of nitrogens with zero attached hydrogens (tertiary/aromatic N) is 4. The van der Waals surface area contributed by atoms with Crippen LogP contribution in [0, 0.1) is 10.1 Å². The molecule has 0 unspecified atom stereocenters. The predicted octanol–water partition coefficient (Wildman–Crippen LogP) is 1.00. The molecule has 1 aromatic carbocycles. The fourth-order valence-electron chi connectivity index (χ4n) is 1.25. The largest absolute Gasteiger partial charge is 0.439 e. The van der Waals surface area contributed by atoms with Crippen LogP contribution in [-0.2, 0) is 11.5 Å². The number of carbonyl (C=O) groups is 1. The van der Waals surface area contributed by atoms with Crippen LogP contribution in [0.15, 0.2) is 36.9 Å². The first-order valence-corrected chi connectivity index (χ1v) is 4.91. The fourth-order valence-corrected chi connectivity index (χ4v) is 1.25. The average molecular weight is 248 g/mol. The molecule has 0 N–H and O–H groups in total. The van der Waals surface area contributed by atoms with E-state index in [1.807, 2.05) is 0 Å². The molecule has 92 valence electrons. The van der Waals surface area contributed by atoms with Gasteiger partial charge in [-0.2, -0.15) is 5.10 Å². The second kappa shape index (κ2) is 5.04. The summed E-state index contributed by atoms with van der Waals surface area (Å²) in [5, 5.41) is 14.3. The smallest absolute Gasteiger partial charge is 0.340 e. The molecule has 0 aliphatic rings. The summed E-state index contributed by atoms with van der Waals surface area (Å²) in [6.07, 6.45) is 2.70. The van der Waals surface area contributed by atoms with Gasteiger partial charge >= 0.3 is 5.97 Å². The van der Waals surface area contributed by atoms with Crippen LogP contribution in [0.25, 0.3) is 0 Å². The van der Waals surface area contributed by atoms with Gasteiger partial charge in [-0.15, -0.1) is 0 Å². The monoisotopic (exact) mass is 248 g/mol. The highest BCUT2D eigenvalue weighted by molar-refractivity contribution is 5.89. The lowest BCUT2D eigenvalue weighted by Gasteiger charge is -2.03. The maximum absolute atomic E-state index is 11.6. The van der Waals surface area contributed by atoms with Crippen molar-refractivity contribution in [1.82, 2.24) is 14.8 Å². The first-order valence-electron chi connectivity index (χ1n) is 4.91. The number of benzene rings is 1. The van der Waals surface area contributed by atoms with Crippen LogP contribution in [0.5, 0.6) is 0 Å². The van der Waals surface area contributed by atoms with Crippen molar-refractivity contribution in [2.45, 2.75) is 6.73 Å². The Bertz CT molecular complexity index is 567. The van der Waals surface area contributed by atoms with Gasteiger partial charge in [-0.1, -0.05) is 6.07 Å². The summed E-state index contributed by atoms with van der Waals surface area (Å²) in [6, 6.07) is 5.32. The first-order chi connectivity index (χ1) is 8.66. The molecule has 0 saturated carbocycles. The summed E-state index contributed by atoms with van der Waals surface area (Å²) in [4.78, 5) is 25.3. The van der Waals surface area contributed by atoms with E-state index in [1.54, 1.807) is 0 Å². The van der Waals surface area contributed by atoms with Crippen molar-refractivity contribution in [2.24, 2.45) is 0 Å². The summed E-state index contributed by atoms with van der Waals surface area (Å²) in [6.45, 7) is -0.0957. The molecule has 0 amide bonds. The normalized spacial score (nSPS) is 10.0. The van der Waals surface area contributed by atoms with E-state index in [2.05, 4.69) is 10.1 Å². The molecule has 2 rings (SSSR count). The van der Waals surface area contributed by atoms with Crippen LogP contribution >= 0.6 is 0 Å². The van der Waals surface area contributed by atoms with Gasteiger partial charge < -0.3 is 4.74 Å². The molecule has 0 fully saturated rings. The number of nitro groups is 1. The lowest BCUT2D eigenvalue weighted by atomic mass is 10.2. The molecular weight excluding hydrogens is 240 g/mol. The molecule has 0 saturated heterocycles. The van der Waals surface area contributed by atoms with Crippen molar-refractivity contribution < 1.29 is 14.5 Å². The number of hydrogen-bond donors (Lipinski definition) is 0. The van der Waals surface area contributed by atoms with E-state index in [0.717, 1.165) is 6.07 Å². The van der Waals surface area contributed by atoms with Crippen molar-refractivity contribution in [3.8, 4) is 0 Å². The standard InChI is InChI=1S/C10H8N4O4/c15-10(18-7-13-6-11-5-12-13)8-2-1-3-9(4-8)14(16)17/h1-6H,7H2. The molecule has 1 aromatic heterocycles. The van der Waals surface area contributed by atoms with E-state index >= 15 is 0 Å². The Morgan fingerprint density at radius 2 is 2.33 bits per heavy atom. The van der Waals surface area contributed by atoms with Crippen LogP contribution in [0.2, 0.25) is 0 Å². The molecule has 8 heteroatoms. The molecule has 0 aliphatic carbocycles. The molecule has 0 radical (unpaired) electrons. The Labute approximate surface area is 101 Å². The van der Waals surface area contributed by atoms with Gasteiger partial charge in [0, 0.05) is 12.1 Å². The first kappa shape index (κ1) is 11.7. The Hall–Kier alpha value is -2.77. The number of nitro benzene ring substituents is 1. The minimum Gasteiger partial charge on any atom is -0.439 e. The number of carbonyl (C=O) groups excluding carboxylic acids is 1. The third kappa shape index (κ3) is 2.67. The van der Waals surface area contributed by atoms with E-state index in [9.17, 15) is 14.9 Å². The van der Waals surface area contributed by atoms with Crippen molar-refractivity contribution in [3.05, 3.63) is 52.6 Å². The van der Waals surface area contributed by atoms with Crippen molar-refractivity contribution in [1.29, 1.82) is 0 Å². The number of rotatable bonds is 4. The zero-order valence-electron chi connectivity index (χ0n) is 9.09. The van der Waals surface area contributed by atoms with Gasteiger partial charge in [-0.3, -0.25) is 10.1 Å². The predicted molar refractivity (Wildman–Crippen MR) is 58.5 cm³/mol. The summed E-state index contributed by atoms with van der Waals surface area (Å²) >= 11 is 0. The molecular formula is C10H8N4O4. The van der Waals surface area contributed by atoms with Gasteiger partial charge in [-0.25, -0.2) is 14.5 Å². The van der Waals surface area contributed by atoms with Gasteiger partial charge in [0.2, 0.25) is 0 Å². The van der Waals surface area contributed by atoms with Crippen LogP contribution < -0.4 is 0 Å². The minimum absolute atomic E-state index is 0.0957. The SMILES string of the molecule is O=C(OCn1cncn1)c1cccc([N+](=O)[O-])c1. The van der Waals surface area contributed by atoms with E-state index in [1.165, 1.54) is 35.5 Å². The van der Waals surface area contributed by atoms with Gasteiger partial charge in [0.25, 0.3) is 5.69 Å². The van der Waals surface area contributed by atoms with Gasteiger partial charge in [0.1, 0.15) is 12.7 Å². The highest BCUT2D eigenvalue weighted by Crippen LogP contribution is 2.13. The Balaban J connectivity index is 2.04. The zero-order chi connectivity index (χ0) is 13.0.